The van der Waals surface area contributed by atoms with Crippen LogP contribution in [0.15, 0.2) is 48.5 Å². The summed E-state index contributed by atoms with van der Waals surface area (Å²) in [7, 11) is 0. The van der Waals surface area contributed by atoms with Crippen LogP contribution in [0.4, 0.5) is 16.2 Å². The fourth-order valence-corrected chi connectivity index (χ4v) is 5.38. The number of morpholine rings is 1. The molecule has 3 atom stereocenters. The van der Waals surface area contributed by atoms with Crippen molar-refractivity contribution in [2.24, 2.45) is 0 Å². The maximum absolute atomic E-state index is 13.5. The number of urea groups is 1. The van der Waals surface area contributed by atoms with Crippen LogP contribution in [0.3, 0.4) is 0 Å². The first-order chi connectivity index (χ1) is 16.0. The highest BCUT2D eigenvalue weighted by atomic mass is 16.5. The summed E-state index contributed by atoms with van der Waals surface area (Å²) in [5.41, 5.74) is 4.01. The molecule has 2 aliphatic heterocycles. The lowest BCUT2D eigenvalue weighted by Gasteiger charge is -2.38. The largest absolute Gasteiger partial charge is 0.372 e. The van der Waals surface area contributed by atoms with E-state index < -0.39 is 0 Å². The maximum Gasteiger partial charge on any atom is 0.322 e. The van der Waals surface area contributed by atoms with Gasteiger partial charge in [-0.2, -0.15) is 0 Å². The van der Waals surface area contributed by atoms with Crippen LogP contribution in [0.2, 0.25) is 0 Å². The van der Waals surface area contributed by atoms with Gasteiger partial charge in [-0.05, 0) is 57.9 Å². The van der Waals surface area contributed by atoms with Crippen LogP contribution >= 0.6 is 0 Å². The molecule has 2 amide bonds. The average molecular weight is 448 g/mol. The Labute approximate surface area is 195 Å². The Bertz CT molecular complexity index is 1130. The highest BCUT2D eigenvalue weighted by Gasteiger charge is 2.34. The molecule has 174 valence electrons. The van der Waals surface area contributed by atoms with Crippen molar-refractivity contribution in [2.75, 3.05) is 29.9 Å². The third-order valence-electron chi connectivity index (χ3n) is 6.72. The van der Waals surface area contributed by atoms with Gasteiger partial charge in [-0.25, -0.2) is 9.78 Å². The molecule has 2 saturated heterocycles. The molecule has 0 radical (unpaired) electrons. The van der Waals surface area contributed by atoms with Crippen LogP contribution in [0.5, 0.6) is 0 Å². The second-order valence-electron chi connectivity index (χ2n) is 9.16. The number of para-hydroxylation sites is 4. The van der Waals surface area contributed by atoms with Crippen molar-refractivity contribution in [3.63, 3.8) is 0 Å². The number of ether oxygens (including phenoxy) is 1. The van der Waals surface area contributed by atoms with Gasteiger partial charge >= 0.3 is 6.03 Å². The van der Waals surface area contributed by atoms with E-state index in [1.165, 1.54) is 0 Å². The third kappa shape index (κ3) is 4.17. The van der Waals surface area contributed by atoms with E-state index in [1.54, 1.807) is 0 Å². The topological polar surface area (TPSA) is 62.6 Å². The van der Waals surface area contributed by atoms with Crippen molar-refractivity contribution >= 4 is 28.4 Å². The minimum absolute atomic E-state index is 0.0204. The van der Waals surface area contributed by atoms with Crippen LogP contribution in [-0.4, -0.2) is 52.3 Å². The Kier molecular flexibility index (Phi) is 5.98. The molecule has 1 aromatic heterocycles. The summed E-state index contributed by atoms with van der Waals surface area (Å²) in [6, 6.07) is 16.2. The molecule has 0 bridgehead atoms. The molecule has 2 fully saturated rings. The summed E-state index contributed by atoms with van der Waals surface area (Å²) in [5.74, 6) is 0.982. The number of amides is 2. The van der Waals surface area contributed by atoms with Crippen molar-refractivity contribution in [3.8, 4) is 0 Å². The molecule has 3 aromatic rings. The predicted octanol–water partition coefficient (Wildman–Crippen LogP) is 5.04. The first-order valence-corrected chi connectivity index (χ1v) is 12.1. The summed E-state index contributed by atoms with van der Waals surface area (Å²) in [5, 5.41) is 3.22. The zero-order chi connectivity index (χ0) is 22.9. The number of likely N-dealkylation sites (tertiary alicyclic amines) is 1. The maximum atomic E-state index is 13.5. The van der Waals surface area contributed by atoms with Crippen LogP contribution in [0.25, 0.3) is 11.0 Å². The highest BCUT2D eigenvalue weighted by Crippen LogP contribution is 2.35. The molecule has 5 rings (SSSR count). The number of nitrogens with one attached hydrogen (secondary N) is 1. The lowest BCUT2D eigenvalue weighted by atomic mass is 10.1. The Balaban J connectivity index is 1.40. The van der Waals surface area contributed by atoms with Gasteiger partial charge in [0.15, 0.2) is 0 Å². The van der Waals surface area contributed by atoms with E-state index in [9.17, 15) is 4.79 Å². The monoisotopic (exact) mass is 447 g/mol. The predicted molar refractivity (Wildman–Crippen MR) is 132 cm³/mol. The summed E-state index contributed by atoms with van der Waals surface area (Å²) >= 11 is 0. The van der Waals surface area contributed by atoms with Crippen molar-refractivity contribution < 1.29 is 9.53 Å². The number of anilines is 2. The van der Waals surface area contributed by atoms with Gasteiger partial charge in [0, 0.05) is 26.2 Å². The Morgan fingerprint density at radius 2 is 1.82 bits per heavy atom. The molecule has 33 heavy (non-hydrogen) atoms. The average Bonchev–Trinajstić information content (AvgIpc) is 3.43. The number of fused-ring (bicyclic) bond motifs is 1. The van der Waals surface area contributed by atoms with Crippen LogP contribution in [0.1, 0.15) is 45.5 Å². The zero-order valence-corrected chi connectivity index (χ0v) is 19.7. The van der Waals surface area contributed by atoms with Crippen molar-refractivity contribution in [3.05, 3.63) is 54.4 Å². The number of rotatable bonds is 4. The van der Waals surface area contributed by atoms with E-state index in [2.05, 4.69) is 47.7 Å². The normalized spacial score (nSPS) is 23.3. The minimum atomic E-state index is -0.0611. The van der Waals surface area contributed by atoms with Gasteiger partial charge in [0.05, 0.1) is 40.7 Å². The number of hydrogen-bond acceptors (Lipinski definition) is 4. The molecular weight excluding hydrogens is 414 g/mol. The molecule has 1 N–H and O–H groups in total. The number of imidazole rings is 1. The number of hydrogen-bond donors (Lipinski definition) is 1. The number of carbonyl (C=O) groups is 1. The van der Waals surface area contributed by atoms with E-state index in [1.807, 2.05) is 41.3 Å². The van der Waals surface area contributed by atoms with Gasteiger partial charge in [0.25, 0.3) is 0 Å². The van der Waals surface area contributed by atoms with Gasteiger partial charge in [0.2, 0.25) is 0 Å². The molecular formula is C26H33N5O2. The first kappa shape index (κ1) is 21.8. The van der Waals surface area contributed by atoms with E-state index in [-0.39, 0.29) is 24.3 Å². The molecule has 7 heteroatoms. The summed E-state index contributed by atoms with van der Waals surface area (Å²) < 4.78 is 8.15. The second kappa shape index (κ2) is 9.06. The van der Waals surface area contributed by atoms with E-state index in [0.29, 0.717) is 0 Å². The van der Waals surface area contributed by atoms with Crippen LogP contribution in [-0.2, 0) is 11.3 Å². The van der Waals surface area contributed by atoms with Gasteiger partial charge in [-0.3, -0.25) is 0 Å². The zero-order valence-electron chi connectivity index (χ0n) is 19.7. The fourth-order valence-electron chi connectivity index (χ4n) is 5.38. The number of benzene rings is 2. The van der Waals surface area contributed by atoms with Gasteiger partial charge in [-0.1, -0.05) is 24.3 Å². The van der Waals surface area contributed by atoms with Gasteiger partial charge in [0.1, 0.15) is 5.82 Å². The smallest absolute Gasteiger partial charge is 0.322 e. The Morgan fingerprint density at radius 3 is 2.61 bits per heavy atom. The van der Waals surface area contributed by atoms with Crippen molar-refractivity contribution in [1.82, 2.24) is 14.5 Å². The first-order valence-electron chi connectivity index (χ1n) is 12.1. The summed E-state index contributed by atoms with van der Waals surface area (Å²) in [6.45, 7) is 9.51. The molecule has 0 aliphatic carbocycles. The van der Waals surface area contributed by atoms with Gasteiger partial charge in [-0.15, -0.1) is 0 Å². The number of carbonyl (C=O) groups excluding carboxylic acids is 1. The number of nitrogens with zero attached hydrogens (tertiary/aromatic N) is 4. The summed E-state index contributed by atoms with van der Waals surface area (Å²) in [6.07, 6.45) is 2.21. The quantitative estimate of drug-likeness (QED) is 0.609. The van der Waals surface area contributed by atoms with Crippen LogP contribution in [0, 0.1) is 0 Å². The van der Waals surface area contributed by atoms with Gasteiger partial charge < -0.3 is 24.4 Å². The second-order valence-corrected chi connectivity index (χ2v) is 9.16. The molecule has 3 unspecified atom stereocenters. The molecule has 2 aromatic carbocycles. The molecule has 0 saturated carbocycles. The molecule has 7 nitrogen and oxygen atoms in total. The van der Waals surface area contributed by atoms with E-state index >= 15 is 0 Å². The standard InChI is InChI=1S/C26H33N5O2/c1-4-30-23-13-8-6-11-21(23)27-25(30)24-14-9-15-31(24)26(32)28-20-10-5-7-12-22(20)29-16-18(2)33-19(3)17-29/h5-8,10-13,18-19,24H,4,9,14-17H2,1-3H3,(H,28,32). The molecule has 2 aliphatic rings. The lowest BCUT2D eigenvalue weighted by Crippen LogP contribution is -2.46. The number of aromatic nitrogens is 2. The lowest BCUT2D eigenvalue weighted by molar-refractivity contribution is -0.00517. The summed E-state index contributed by atoms with van der Waals surface area (Å²) in [4.78, 5) is 22.7. The highest BCUT2D eigenvalue weighted by molar-refractivity contribution is 5.93. The fraction of sp³-hybridized carbons (Fsp3) is 0.462. The Hall–Kier alpha value is -3.06. The van der Waals surface area contributed by atoms with E-state index in [0.717, 1.165) is 67.3 Å². The molecule has 0 spiro atoms. The van der Waals surface area contributed by atoms with Crippen molar-refractivity contribution in [1.29, 1.82) is 0 Å². The SMILES string of the molecule is CCn1c(C2CCCN2C(=O)Nc2ccccc2N2CC(C)OC(C)C2)nc2ccccc21. The Morgan fingerprint density at radius 1 is 1.09 bits per heavy atom. The third-order valence-corrected chi connectivity index (χ3v) is 6.72. The molecule has 3 heterocycles. The van der Waals surface area contributed by atoms with Crippen LogP contribution < -0.4 is 10.2 Å². The number of aryl methyl sites for hydroxylation is 1. The van der Waals surface area contributed by atoms with Crippen molar-refractivity contribution in [2.45, 2.75) is 58.4 Å². The minimum Gasteiger partial charge on any atom is -0.372 e. The van der Waals surface area contributed by atoms with E-state index in [4.69, 9.17) is 9.72 Å².